The van der Waals surface area contributed by atoms with E-state index in [0.29, 0.717) is 16.8 Å². The largest absolute Gasteiger partial charge is 0.507 e. The highest BCUT2D eigenvalue weighted by atomic mass is 16.6. The Kier molecular flexibility index (Phi) is 6.33. The number of benzene rings is 3. The SMILES string of the molecule is Cc1cc(C2C3=CCC4C(=O)N(c5ccc([N+](=O)[O-])cc5)C(=O)C4C3CC3C(=O)N(c4ccccc4)C(=O)C32C)cc(C)c1O. The molecule has 4 aliphatic rings. The molecular formula is C35H31N3O7. The van der Waals surface area contributed by atoms with Crippen LogP contribution in [0, 0.1) is 53.0 Å². The summed E-state index contributed by atoms with van der Waals surface area (Å²) in [7, 11) is 0. The van der Waals surface area contributed by atoms with Gasteiger partial charge in [0.05, 0.1) is 39.5 Å². The molecule has 1 N–H and O–H groups in total. The van der Waals surface area contributed by atoms with Gasteiger partial charge in [0, 0.05) is 18.1 Å². The van der Waals surface area contributed by atoms with E-state index in [1.165, 1.54) is 29.2 Å². The van der Waals surface area contributed by atoms with E-state index in [9.17, 15) is 34.4 Å². The fraction of sp³-hybridized carbons (Fsp3) is 0.314. The quantitative estimate of drug-likeness (QED) is 0.183. The summed E-state index contributed by atoms with van der Waals surface area (Å²) in [5.74, 6) is -4.55. The number of anilines is 2. The van der Waals surface area contributed by atoms with Crippen LogP contribution in [0.4, 0.5) is 17.1 Å². The minimum absolute atomic E-state index is 0.152. The Morgan fingerprint density at radius 3 is 2.09 bits per heavy atom. The molecule has 6 atom stereocenters. The molecule has 0 aromatic heterocycles. The van der Waals surface area contributed by atoms with Crippen LogP contribution < -0.4 is 9.80 Å². The molecule has 3 aromatic carbocycles. The number of fused-ring (bicyclic) bond motifs is 4. The van der Waals surface area contributed by atoms with Crippen molar-refractivity contribution in [3.63, 3.8) is 0 Å². The van der Waals surface area contributed by atoms with Crippen molar-refractivity contribution in [2.24, 2.45) is 29.1 Å². The minimum Gasteiger partial charge on any atom is -0.507 e. The second kappa shape index (κ2) is 9.95. The predicted octanol–water partition coefficient (Wildman–Crippen LogP) is 5.35. The number of phenolic OH excluding ortho intramolecular Hbond substituents is 1. The van der Waals surface area contributed by atoms with E-state index in [0.717, 1.165) is 16.0 Å². The van der Waals surface area contributed by atoms with Crippen LogP contribution in [0.5, 0.6) is 5.75 Å². The van der Waals surface area contributed by atoms with Crippen molar-refractivity contribution < 1.29 is 29.2 Å². The number of rotatable bonds is 4. The molecule has 4 amide bonds. The fourth-order valence-corrected chi connectivity index (χ4v) is 8.35. The molecule has 0 bridgehead atoms. The third-order valence-corrected chi connectivity index (χ3v) is 10.5. The number of imide groups is 2. The highest BCUT2D eigenvalue weighted by Gasteiger charge is 2.67. The van der Waals surface area contributed by atoms with Crippen LogP contribution in [0.2, 0.25) is 0 Å². The van der Waals surface area contributed by atoms with Gasteiger partial charge in [0.1, 0.15) is 5.75 Å². The highest BCUT2D eigenvalue weighted by molar-refractivity contribution is 6.25. The summed E-state index contributed by atoms with van der Waals surface area (Å²) in [6, 6.07) is 17.8. The Bertz CT molecular complexity index is 1830. The van der Waals surface area contributed by atoms with Gasteiger partial charge in [-0.2, -0.15) is 0 Å². The Balaban J connectivity index is 1.36. The highest BCUT2D eigenvalue weighted by Crippen LogP contribution is 2.64. The maximum Gasteiger partial charge on any atom is 0.269 e. The number of nitro benzene ring substituents is 1. The molecule has 0 spiro atoms. The number of hydrogen-bond acceptors (Lipinski definition) is 7. The maximum absolute atomic E-state index is 14.5. The number of carbonyl (C=O) groups excluding carboxylic acids is 4. The average molecular weight is 606 g/mol. The number of carbonyl (C=O) groups is 4. The molecule has 3 aromatic rings. The monoisotopic (exact) mass is 605 g/mol. The Morgan fingerprint density at radius 1 is 0.844 bits per heavy atom. The maximum atomic E-state index is 14.5. The average Bonchev–Trinajstić information content (AvgIpc) is 3.39. The zero-order valence-electron chi connectivity index (χ0n) is 25.0. The number of hydrogen-bond donors (Lipinski definition) is 1. The predicted molar refractivity (Wildman–Crippen MR) is 164 cm³/mol. The van der Waals surface area contributed by atoms with Gasteiger partial charge in [0.15, 0.2) is 0 Å². The van der Waals surface area contributed by atoms with Gasteiger partial charge in [-0.25, -0.2) is 4.90 Å². The van der Waals surface area contributed by atoms with Crippen molar-refractivity contribution in [3.8, 4) is 5.75 Å². The third-order valence-electron chi connectivity index (χ3n) is 10.5. The van der Waals surface area contributed by atoms with Gasteiger partial charge in [-0.15, -0.1) is 0 Å². The van der Waals surface area contributed by atoms with Gasteiger partial charge in [-0.3, -0.25) is 34.2 Å². The fourth-order valence-electron chi connectivity index (χ4n) is 8.35. The van der Waals surface area contributed by atoms with Crippen molar-refractivity contribution in [1.82, 2.24) is 0 Å². The lowest BCUT2D eigenvalue weighted by Gasteiger charge is -2.49. The Labute approximate surface area is 259 Å². The number of aromatic hydroxyl groups is 1. The molecule has 0 radical (unpaired) electrons. The van der Waals surface area contributed by atoms with Crippen molar-refractivity contribution in [3.05, 3.63) is 105 Å². The zero-order valence-corrected chi connectivity index (χ0v) is 25.0. The van der Waals surface area contributed by atoms with Crippen LogP contribution in [-0.2, 0) is 19.2 Å². The van der Waals surface area contributed by atoms with Crippen molar-refractivity contribution in [1.29, 1.82) is 0 Å². The molecular weight excluding hydrogens is 574 g/mol. The molecule has 2 aliphatic carbocycles. The van der Waals surface area contributed by atoms with E-state index in [2.05, 4.69) is 0 Å². The summed E-state index contributed by atoms with van der Waals surface area (Å²) in [6.07, 6.45) is 2.47. The van der Waals surface area contributed by atoms with Gasteiger partial charge in [0.2, 0.25) is 23.6 Å². The number of allylic oxidation sites excluding steroid dienone is 2. The van der Waals surface area contributed by atoms with Crippen LogP contribution in [0.25, 0.3) is 0 Å². The van der Waals surface area contributed by atoms with Crippen molar-refractivity contribution >= 4 is 40.7 Å². The topological polar surface area (TPSA) is 138 Å². The molecule has 228 valence electrons. The first-order valence-electron chi connectivity index (χ1n) is 15.0. The smallest absolute Gasteiger partial charge is 0.269 e. The second-order valence-electron chi connectivity index (χ2n) is 12.8. The van der Waals surface area contributed by atoms with E-state index in [-0.39, 0.29) is 47.7 Å². The summed E-state index contributed by atoms with van der Waals surface area (Å²) in [6.45, 7) is 5.41. The van der Waals surface area contributed by atoms with Gasteiger partial charge >= 0.3 is 0 Å². The first-order chi connectivity index (χ1) is 21.4. The number of phenols is 1. The molecule has 6 unspecified atom stereocenters. The lowest BCUT2D eigenvalue weighted by Crippen LogP contribution is -2.49. The molecule has 2 heterocycles. The minimum atomic E-state index is -1.18. The van der Waals surface area contributed by atoms with Crippen LogP contribution in [0.15, 0.2) is 78.4 Å². The van der Waals surface area contributed by atoms with Gasteiger partial charge in [-0.1, -0.05) is 42.0 Å². The summed E-state index contributed by atoms with van der Waals surface area (Å²) in [5.41, 5.74) is 2.29. The summed E-state index contributed by atoms with van der Waals surface area (Å²) < 4.78 is 0. The molecule has 2 saturated heterocycles. The summed E-state index contributed by atoms with van der Waals surface area (Å²) in [4.78, 5) is 69.7. The molecule has 10 nitrogen and oxygen atoms in total. The first-order valence-corrected chi connectivity index (χ1v) is 15.0. The van der Waals surface area contributed by atoms with E-state index in [1.54, 1.807) is 38.1 Å². The van der Waals surface area contributed by atoms with E-state index >= 15 is 0 Å². The molecule has 2 aliphatic heterocycles. The molecule has 7 rings (SSSR count). The Hall–Kier alpha value is -5.12. The van der Waals surface area contributed by atoms with E-state index in [1.807, 2.05) is 31.2 Å². The lowest BCUT2D eigenvalue weighted by molar-refractivity contribution is -0.384. The lowest BCUT2D eigenvalue weighted by atomic mass is 9.51. The van der Waals surface area contributed by atoms with Crippen LogP contribution >= 0.6 is 0 Å². The zero-order chi connectivity index (χ0) is 31.9. The molecule has 1 saturated carbocycles. The van der Waals surface area contributed by atoms with Crippen LogP contribution in [-0.4, -0.2) is 33.7 Å². The summed E-state index contributed by atoms with van der Waals surface area (Å²) >= 11 is 0. The third kappa shape index (κ3) is 3.94. The number of amides is 4. The normalized spacial score (nSPS) is 29.0. The van der Waals surface area contributed by atoms with Crippen molar-refractivity contribution in [2.45, 2.75) is 39.5 Å². The van der Waals surface area contributed by atoms with Crippen LogP contribution in [0.3, 0.4) is 0 Å². The van der Waals surface area contributed by atoms with Crippen molar-refractivity contribution in [2.75, 3.05) is 9.80 Å². The standard InChI is InChI=1S/C35H31N3O7/c1-18-15-20(16-19(2)30(18)39)29-24-13-14-25-28(33(42)36(31(25)40)22-9-11-23(12-10-22)38(44)45)26(24)17-27-32(41)37(34(43)35(27,29)3)21-7-5-4-6-8-21/h4-13,15-16,25-29,39H,14,17H2,1-3H3. The van der Waals surface area contributed by atoms with Gasteiger partial charge in [0.25, 0.3) is 5.69 Å². The number of non-ortho nitro benzene ring substituents is 1. The van der Waals surface area contributed by atoms with Crippen LogP contribution in [0.1, 0.15) is 42.4 Å². The number of nitro groups is 1. The van der Waals surface area contributed by atoms with E-state index in [4.69, 9.17) is 0 Å². The molecule has 45 heavy (non-hydrogen) atoms. The first kappa shape index (κ1) is 28.6. The second-order valence-corrected chi connectivity index (χ2v) is 12.8. The number of para-hydroxylation sites is 1. The number of aryl methyl sites for hydroxylation is 2. The van der Waals surface area contributed by atoms with Gasteiger partial charge in [-0.05, 0) is 80.5 Å². The van der Waals surface area contributed by atoms with Gasteiger partial charge < -0.3 is 5.11 Å². The molecule has 3 fully saturated rings. The molecule has 10 heteroatoms. The van der Waals surface area contributed by atoms with E-state index < -0.39 is 45.8 Å². The number of nitrogens with zero attached hydrogens (tertiary/aromatic N) is 3. The summed E-state index contributed by atoms with van der Waals surface area (Å²) in [5, 5.41) is 21.8. The Morgan fingerprint density at radius 2 is 1.47 bits per heavy atom.